The van der Waals surface area contributed by atoms with Crippen LogP contribution in [0, 0.1) is 5.92 Å². The van der Waals surface area contributed by atoms with Gasteiger partial charge < -0.3 is 19.7 Å². The highest BCUT2D eigenvalue weighted by Crippen LogP contribution is 2.31. The number of carbonyl (C=O) groups is 1. The molecule has 0 aromatic heterocycles. The van der Waals surface area contributed by atoms with Crippen molar-refractivity contribution in [1.29, 1.82) is 0 Å². The Balaban J connectivity index is 1.78. The number of amides is 1. The summed E-state index contributed by atoms with van der Waals surface area (Å²) >= 11 is 3.47. The molecular weight excluding hydrogens is 336 g/mol. The highest BCUT2D eigenvalue weighted by molar-refractivity contribution is 9.10. The fraction of sp³-hybridized carbons (Fsp3) is 0.533. The lowest BCUT2D eigenvalue weighted by molar-refractivity contribution is -0.119. The van der Waals surface area contributed by atoms with Crippen LogP contribution < -0.4 is 10.2 Å². The summed E-state index contributed by atoms with van der Waals surface area (Å²) in [5.41, 5.74) is 1.90. The molecule has 0 aliphatic carbocycles. The van der Waals surface area contributed by atoms with Crippen LogP contribution >= 0.6 is 15.9 Å². The fourth-order valence-corrected chi connectivity index (χ4v) is 3.03. The van der Waals surface area contributed by atoms with Crippen molar-refractivity contribution < 1.29 is 14.3 Å². The number of hydrogen-bond donors (Lipinski definition) is 1. The molecule has 2 aliphatic heterocycles. The number of rotatable bonds is 3. The average molecular weight is 355 g/mol. The van der Waals surface area contributed by atoms with Gasteiger partial charge in [0.05, 0.1) is 37.1 Å². The monoisotopic (exact) mass is 354 g/mol. The SMILES string of the molecule is O=C(Nc1cc(Br)ccc1N1CCOCC1)C1CCOC1. The van der Waals surface area contributed by atoms with Crippen molar-refractivity contribution in [3.63, 3.8) is 0 Å². The van der Waals surface area contributed by atoms with Crippen molar-refractivity contribution in [1.82, 2.24) is 0 Å². The first kappa shape index (κ1) is 14.8. The standard InChI is InChI=1S/C15H19BrN2O3/c16-12-1-2-14(18-4-7-20-8-5-18)13(9-12)17-15(19)11-3-6-21-10-11/h1-2,9,11H,3-8,10H2,(H,17,19). The molecule has 5 nitrogen and oxygen atoms in total. The molecule has 2 aliphatic rings. The van der Waals surface area contributed by atoms with Crippen molar-refractivity contribution >= 4 is 33.2 Å². The van der Waals surface area contributed by atoms with Gasteiger partial charge in [-0.2, -0.15) is 0 Å². The Bertz CT molecular complexity index is 512. The van der Waals surface area contributed by atoms with Crippen LogP contribution in [0.25, 0.3) is 0 Å². The zero-order chi connectivity index (χ0) is 14.7. The van der Waals surface area contributed by atoms with Gasteiger partial charge in [-0.1, -0.05) is 15.9 Å². The van der Waals surface area contributed by atoms with Crippen LogP contribution in [-0.4, -0.2) is 45.4 Å². The van der Waals surface area contributed by atoms with Gasteiger partial charge in [0.15, 0.2) is 0 Å². The van der Waals surface area contributed by atoms with Gasteiger partial charge in [0.1, 0.15) is 0 Å². The molecule has 114 valence electrons. The van der Waals surface area contributed by atoms with Gasteiger partial charge in [0.25, 0.3) is 0 Å². The lowest BCUT2D eigenvalue weighted by Gasteiger charge is -2.30. The Hall–Kier alpha value is -1.11. The Morgan fingerprint density at radius 1 is 1.24 bits per heavy atom. The lowest BCUT2D eigenvalue weighted by Crippen LogP contribution is -2.37. The highest BCUT2D eigenvalue weighted by Gasteiger charge is 2.25. The lowest BCUT2D eigenvalue weighted by atomic mass is 10.1. The third kappa shape index (κ3) is 3.56. The van der Waals surface area contributed by atoms with Gasteiger partial charge in [0.2, 0.25) is 5.91 Å². The topological polar surface area (TPSA) is 50.8 Å². The molecule has 1 unspecified atom stereocenters. The summed E-state index contributed by atoms with van der Waals surface area (Å²) in [5.74, 6) is 0.00151. The van der Waals surface area contributed by atoms with Crippen molar-refractivity contribution in [3.8, 4) is 0 Å². The Labute approximate surface area is 132 Å². The van der Waals surface area contributed by atoms with E-state index in [2.05, 4.69) is 26.1 Å². The summed E-state index contributed by atoms with van der Waals surface area (Å²) in [6.07, 6.45) is 0.798. The zero-order valence-electron chi connectivity index (χ0n) is 11.8. The number of nitrogens with zero attached hydrogens (tertiary/aromatic N) is 1. The minimum atomic E-state index is -0.0403. The van der Waals surface area contributed by atoms with E-state index in [0.29, 0.717) is 13.2 Å². The average Bonchev–Trinajstić information content (AvgIpc) is 3.03. The zero-order valence-corrected chi connectivity index (χ0v) is 13.4. The van der Waals surface area contributed by atoms with Crippen LogP contribution in [0.4, 0.5) is 11.4 Å². The molecule has 1 N–H and O–H groups in total. The molecule has 0 saturated carbocycles. The third-order valence-electron chi connectivity index (χ3n) is 3.87. The first-order chi connectivity index (χ1) is 10.2. The Morgan fingerprint density at radius 3 is 2.76 bits per heavy atom. The van der Waals surface area contributed by atoms with Crippen LogP contribution in [0.3, 0.4) is 0 Å². The summed E-state index contributed by atoms with van der Waals surface area (Å²) in [5, 5.41) is 3.06. The first-order valence-corrected chi connectivity index (χ1v) is 8.04. The highest BCUT2D eigenvalue weighted by atomic mass is 79.9. The molecule has 1 aromatic carbocycles. The predicted molar refractivity (Wildman–Crippen MR) is 84.7 cm³/mol. The quantitative estimate of drug-likeness (QED) is 0.904. The van der Waals surface area contributed by atoms with Crippen molar-refractivity contribution in [2.45, 2.75) is 6.42 Å². The normalized spacial score (nSPS) is 22.3. The molecule has 1 aromatic rings. The smallest absolute Gasteiger partial charge is 0.229 e. The van der Waals surface area contributed by atoms with Gasteiger partial charge in [0, 0.05) is 24.2 Å². The van der Waals surface area contributed by atoms with E-state index in [4.69, 9.17) is 9.47 Å². The van der Waals surface area contributed by atoms with Crippen LogP contribution in [0.15, 0.2) is 22.7 Å². The summed E-state index contributed by atoms with van der Waals surface area (Å²) in [6.45, 7) is 4.33. The maximum Gasteiger partial charge on any atom is 0.229 e. The number of carbonyl (C=O) groups excluding carboxylic acids is 1. The number of halogens is 1. The minimum absolute atomic E-state index is 0.0403. The van der Waals surface area contributed by atoms with Crippen LogP contribution in [0.2, 0.25) is 0 Å². The molecule has 0 spiro atoms. The van der Waals surface area contributed by atoms with Gasteiger partial charge in [-0.25, -0.2) is 0 Å². The van der Waals surface area contributed by atoms with Crippen molar-refractivity contribution in [2.75, 3.05) is 49.7 Å². The van der Waals surface area contributed by atoms with Gasteiger partial charge in [-0.05, 0) is 24.6 Å². The second-order valence-electron chi connectivity index (χ2n) is 5.31. The predicted octanol–water partition coefficient (Wildman–Crippen LogP) is 2.26. The molecule has 1 amide bonds. The van der Waals surface area contributed by atoms with E-state index in [0.717, 1.165) is 48.6 Å². The first-order valence-electron chi connectivity index (χ1n) is 7.25. The van der Waals surface area contributed by atoms with Gasteiger partial charge in [-0.3, -0.25) is 4.79 Å². The Kier molecular flexibility index (Phi) is 4.77. The number of anilines is 2. The van der Waals surface area contributed by atoms with E-state index in [1.807, 2.05) is 18.2 Å². The maximum absolute atomic E-state index is 12.3. The van der Waals surface area contributed by atoms with E-state index < -0.39 is 0 Å². The summed E-state index contributed by atoms with van der Waals surface area (Å²) < 4.78 is 11.6. The fourth-order valence-electron chi connectivity index (χ4n) is 2.66. The van der Waals surface area contributed by atoms with Gasteiger partial charge >= 0.3 is 0 Å². The molecular formula is C15H19BrN2O3. The van der Waals surface area contributed by atoms with E-state index in [9.17, 15) is 4.79 Å². The minimum Gasteiger partial charge on any atom is -0.381 e. The largest absolute Gasteiger partial charge is 0.381 e. The molecule has 2 heterocycles. The maximum atomic E-state index is 12.3. The molecule has 21 heavy (non-hydrogen) atoms. The summed E-state index contributed by atoms with van der Waals surface area (Å²) in [6, 6.07) is 5.99. The van der Waals surface area contributed by atoms with E-state index in [1.54, 1.807) is 0 Å². The molecule has 0 bridgehead atoms. The van der Waals surface area contributed by atoms with Crippen molar-refractivity contribution in [3.05, 3.63) is 22.7 Å². The van der Waals surface area contributed by atoms with Crippen LogP contribution in [0.1, 0.15) is 6.42 Å². The second-order valence-corrected chi connectivity index (χ2v) is 6.23. The number of hydrogen-bond acceptors (Lipinski definition) is 4. The van der Waals surface area contributed by atoms with E-state index in [-0.39, 0.29) is 11.8 Å². The Morgan fingerprint density at radius 2 is 2.05 bits per heavy atom. The molecule has 3 rings (SSSR count). The molecule has 2 saturated heterocycles. The number of nitrogens with one attached hydrogen (secondary N) is 1. The summed E-state index contributed by atoms with van der Waals surface area (Å²) in [4.78, 5) is 14.6. The number of benzene rings is 1. The van der Waals surface area contributed by atoms with Crippen molar-refractivity contribution in [2.24, 2.45) is 5.92 Å². The van der Waals surface area contributed by atoms with Crippen LogP contribution in [0.5, 0.6) is 0 Å². The number of ether oxygens (including phenoxy) is 2. The molecule has 6 heteroatoms. The van der Waals surface area contributed by atoms with E-state index in [1.165, 1.54) is 0 Å². The molecule has 0 radical (unpaired) electrons. The molecule has 1 atom stereocenters. The number of morpholine rings is 1. The van der Waals surface area contributed by atoms with E-state index >= 15 is 0 Å². The second kappa shape index (κ2) is 6.77. The molecule has 2 fully saturated rings. The van der Waals surface area contributed by atoms with Gasteiger partial charge in [-0.15, -0.1) is 0 Å². The summed E-state index contributed by atoms with van der Waals surface area (Å²) in [7, 11) is 0. The third-order valence-corrected chi connectivity index (χ3v) is 4.36. The van der Waals surface area contributed by atoms with Crippen LogP contribution in [-0.2, 0) is 14.3 Å².